The number of anilines is 3. The fraction of sp³-hybridized carbons (Fsp3) is 0.167. The Bertz CT molecular complexity index is 1230. The van der Waals surface area contributed by atoms with Crippen LogP contribution in [0.25, 0.3) is 21.3 Å². The van der Waals surface area contributed by atoms with Gasteiger partial charge in [-0.25, -0.2) is 0 Å². The fourth-order valence-corrected chi connectivity index (χ4v) is 4.53. The Morgan fingerprint density at radius 1 is 1.10 bits per heavy atom. The van der Waals surface area contributed by atoms with E-state index in [1.54, 1.807) is 17.5 Å². The van der Waals surface area contributed by atoms with E-state index in [1.165, 1.54) is 0 Å². The van der Waals surface area contributed by atoms with Crippen LogP contribution in [0.2, 0.25) is 0 Å². The zero-order chi connectivity index (χ0) is 21.2. The minimum absolute atomic E-state index is 0.226. The molecule has 0 radical (unpaired) electrons. The molecule has 31 heavy (non-hydrogen) atoms. The molecule has 0 saturated carbocycles. The molecule has 0 bridgehead atoms. The maximum atomic E-state index is 12.9. The number of carbonyl (C=O) groups is 1. The number of rotatable bonds is 4. The van der Waals surface area contributed by atoms with Crippen LogP contribution in [0.4, 0.5) is 17.1 Å². The van der Waals surface area contributed by atoms with Crippen LogP contribution < -0.4 is 21.3 Å². The van der Waals surface area contributed by atoms with Crippen molar-refractivity contribution in [3.05, 3.63) is 71.7 Å². The van der Waals surface area contributed by atoms with Gasteiger partial charge < -0.3 is 21.3 Å². The number of nitrogens with zero attached hydrogens (tertiary/aromatic N) is 2. The number of hydrogen-bond acceptors (Lipinski definition) is 6. The van der Waals surface area contributed by atoms with Gasteiger partial charge in [0.1, 0.15) is 0 Å². The molecule has 7 heteroatoms. The van der Waals surface area contributed by atoms with Gasteiger partial charge in [-0.3, -0.25) is 9.78 Å². The summed E-state index contributed by atoms with van der Waals surface area (Å²) in [5.41, 5.74) is 10.8. The van der Waals surface area contributed by atoms with Gasteiger partial charge in [-0.05, 0) is 47.3 Å². The second kappa shape index (κ2) is 8.37. The molecule has 0 unspecified atom stereocenters. The van der Waals surface area contributed by atoms with Crippen molar-refractivity contribution in [3.63, 3.8) is 0 Å². The summed E-state index contributed by atoms with van der Waals surface area (Å²) in [6.45, 7) is 3.94. The average Bonchev–Trinajstić information content (AvgIpc) is 3.35. The lowest BCUT2D eigenvalue weighted by Gasteiger charge is -2.29. The zero-order valence-corrected chi connectivity index (χ0v) is 17.8. The predicted octanol–water partition coefficient (Wildman–Crippen LogP) is 4.21. The Hall–Kier alpha value is -3.42. The van der Waals surface area contributed by atoms with Crippen LogP contribution in [0.3, 0.4) is 0 Å². The van der Waals surface area contributed by atoms with Gasteiger partial charge in [0.15, 0.2) is 0 Å². The lowest BCUT2D eigenvalue weighted by molar-refractivity contribution is 0.102. The molecule has 1 amide bonds. The molecule has 2 aromatic carbocycles. The second-order valence-corrected chi connectivity index (χ2v) is 8.52. The molecule has 3 heterocycles. The number of pyridine rings is 1. The number of aromatic nitrogens is 1. The highest BCUT2D eigenvalue weighted by Crippen LogP contribution is 2.30. The Balaban J connectivity index is 1.38. The van der Waals surface area contributed by atoms with Gasteiger partial charge in [-0.15, -0.1) is 11.3 Å². The number of benzene rings is 2. The first-order chi connectivity index (χ1) is 15.2. The molecule has 2 aromatic heterocycles. The van der Waals surface area contributed by atoms with Gasteiger partial charge in [0.25, 0.3) is 5.91 Å². The highest BCUT2D eigenvalue weighted by molar-refractivity contribution is 7.13. The van der Waals surface area contributed by atoms with Crippen molar-refractivity contribution in [2.45, 2.75) is 0 Å². The summed E-state index contributed by atoms with van der Waals surface area (Å²) in [5.74, 6) is -0.226. The normalized spacial score (nSPS) is 14.0. The van der Waals surface area contributed by atoms with Crippen LogP contribution in [0.15, 0.2) is 66.2 Å². The first kappa shape index (κ1) is 19.5. The number of carbonyl (C=O) groups excluding carboxylic acids is 1. The van der Waals surface area contributed by atoms with E-state index in [1.807, 2.05) is 47.8 Å². The smallest absolute Gasteiger partial charge is 0.257 e. The molecule has 0 aliphatic carbocycles. The molecule has 1 aliphatic heterocycles. The molecule has 4 N–H and O–H groups in total. The van der Waals surface area contributed by atoms with Gasteiger partial charge in [0, 0.05) is 48.3 Å². The molecule has 1 saturated heterocycles. The molecule has 156 valence electrons. The van der Waals surface area contributed by atoms with Crippen LogP contribution in [0.1, 0.15) is 10.4 Å². The number of piperazine rings is 1. The third-order valence-corrected chi connectivity index (χ3v) is 6.44. The summed E-state index contributed by atoms with van der Waals surface area (Å²) in [6, 6.07) is 17.8. The first-order valence-electron chi connectivity index (χ1n) is 10.3. The van der Waals surface area contributed by atoms with Gasteiger partial charge >= 0.3 is 0 Å². The molecule has 0 spiro atoms. The lowest BCUT2D eigenvalue weighted by atomic mass is 10.1. The standard InChI is InChI=1S/C24H23N5OS/c25-20-6-4-17(23-2-1-11-31-23)13-22(20)28-24(30)18-12-16-3-5-19(14-21(16)27-15-18)29-9-7-26-8-10-29/h1-6,11-15,26H,7-10,25H2,(H,28,30). The monoisotopic (exact) mass is 429 g/mol. The highest BCUT2D eigenvalue weighted by Gasteiger charge is 2.14. The maximum Gasteiger partial charge on any atom is 0.257 e. The van der Waals surface area contributed by atoms with Crippen molar-refractivity contribution in [1.82, 2.24) is 10.3 Å². The van der Waals surface area contributed by atoms with E-state index in [0.717, 1.165) is 53.2 Å². The maximum absolute atomic E-state index is 12.9. The summed E-state index contributed by atoms with van der Waals surface area (Å²) in [6.07, 6.45) is 1.62. The fourth-order valence-electron chi connectivity index (χ4n) is 3.81. The van der Waals surface area contributed by atoms with E-state index in [2.05, 4.69) is 32.7 Å². The summed E-state index contributed by atoms with van der Waals surface area (Å²) < 4.78 is 0. The number of amides is 1. The van der Waals surface area contributed by atoms with Crippen molar-refractivity contribution < 1.29 is 4.79 Å². The Labute approximate surface area is 184 Å². The van der Waals surface area contributed by atoms with E-state index >= 15 is 0 Å². The third-order valence-electron chi connectivity index (χ3n) is 5.52. The third kappa shape index (κ3) is 4.10. The summed E-state index contributed by atoms with van der Waals surface area (Å²) >= 11 is 1.65. The number of fused-ring (bicyclic) bond motifs is 1. The topological polar surface area (TPSA) is 83.3 Å². The second-order valence-electron chi connectivity index (χ2n) is 7.57. The van der Waals surface area contributed by atoms with Crippen LogP contribution in [0.5, 0.6) is 0 Å². The van der Waals surface area contributed by atoms with Crippen molar-refractivity contribution in [2.75, 3.05) is 42.1 Å². The quantitative estimate of drug-likeness (QED) is 0.423. The number of nitrogen functional groups attached to an aromatic ring is 1. The molecular formula is C24H23N5OS. The van der Waals surface area contributed by atoms with Crippen molar-refractivity contribution >= 4 is 45.2 Å². The number of hydrogen-bond donors (Lipinski definition) is 3. The summed E-state index contributed by atoms with van der Waals surface area (Å²) in [7, 11) is 0. The van der Waals surface area contributed by atoms with Crippen molar-refractivity contribution in [3.8, 4) is 10.4 Å². The molecule has 1 fully saturated rings. The Kier molecular flexibility index (Phi) is 5.28. The first-order valence-corrected chi connectivity index (χ1v) is 11.2. The van der Waals surface area contributed by atoms with Gasteiger partial charge in [0.2, 0.25) is 0 Å². The number of thiophene rings is 1. The van der Waals surface area contributed by atoms with Crippen LogP contribution in [-0.4, -0.2) is 37.1 Å². The summed E-state index contributed by atoms with van der Waals surface area (Å²) in [5, 5.41) is 9.27. The van der Waals surface area contributed by atoms with E-state index in [9.17, 15) is 4.79 Å². The molecule has 4 aromatic rings. The van der Waals surface area contributed by atoms with Crippen molar-refractivity contribution in [2.24, 2.45) is 0 Å². The van der Waals surface area contributed by atoms with E-state index in [-0.39, 0.29) is 5.91 Å². The van der Waals surface area contributed by atoms with E-state index in [0.29, 0.717) is 16.9 Å². The Morgan fingerprint density at radius 3 is 2.77 bits per heavy atom. The molecule has 5 rings (SSSR count). The molecular weight excluding hydrogens is 406 g/mol. The van der Waals surface area contributed by atoms with Crippen molar-refractivity contribution in [1.29, 1.82) is 0 Å². The number of nitrogens with one attached hydrogen (secondary N) is 2. The molecule has 0 atom stereocenters. The lowest BCUT2D eigenvalue weighted by Crippen LogP contribution is -2.43. The van der Waals surface area contributed by atoms with Gasteiger partial charge in [-0.1, -0.05) is 18.2 Å². The predicted molar refractivity (Wildman–Crippen MR) is 129 cm³/mol. The largest absolute Gasteiger partial charge is 0.397 e. The minimum atomic E-state index is -0.226. The molecule has 6 nitrogen and oxygen atoms in total. The van der Waals surface area contributed by atoms with E-state index in [4.69, 9.17) is 5.73 Å². The highest BCUT2D eigenvalue weighted by atomic mass is 32.1. The SMILES string of the molecule is Nc1ccc(-c2cccs2)cc1NC(=O)c1cnc2cc(N3CCNCC3)ccc2c1. The minimum Gasteiger partial charge on any atom is -0.397 e. The summed E-state index contributed by atoms with van der Waals surface area (Å²) in [4.78, 5) is 20.9. The van der Waals surface area contributed by atoms with Crippen LogP contribution >= 0.6 is 11.3 Å². The van der Waals surface area contributed by atoms with Gasteiger partial charge in [0.05, 0.1) is 22.5 Å². The Morgan fingerprint density at radius 2 is 1.97 bits per heavy atom. The average molecular weight is 430 g/mol. The molecule has 1 aliphatic rings. The van der Waals surface area contributed by atoms with Gasteiger partial charge in [-0.2, -0.15) is 0 Å². The zero-order valence-electron chi connectivity index (χ0n) is 17.0. The number of nitrogens with two attached hydrogens (primary N) is 1. The van der Waals surface area contributed by atoms with Crippen LogP contribution in [-0.2, 0) is 0 Å². The van der Waals surface area contributed by atoms with Crippen LogP contribution in [0, 0.1) is 0 Å². The van der Waals surface area contributed by atoms with E-state index < -0.39 is 0 Å².